The fourth-order valence-corrected chi connectivity index (χ4v) is 2.71. The molecule has 110 valence electrons. The predicted octanol–water partition coefficient (Wildman–Crippen LogP) is 1.81. The number of benzene rings is 1. The lowest BCUT2D eigenvalue weighted by molar-refractivity contribution is 0.248. The van der Waals surface area contributed by atoms with E-state index in [0.29, 0.717) is 0 Å². The van der Waals surface area contributed by atoms with Gasteiger partial charge in [-0.25, -0.2) is 9.97 Å². The van der Waals surface area contributed by atoms with E-state index in [9.17, 15) is 0 Å². The Hall–Kier alpha value is -2.14. The lowest BCUT2D eigenvalue weighted by Gasteiger charge is -2.36. The van der Waals surface area contributed by atoms with Crippen LogP contribution in [0.5, 0.6) is 5.75 Å². The van der Waals surface area contributed by atoms with E-state index in [1.54, 1.807) is 13.4 Å². The van der Waals surface area contributed by atoms with E-state index in [4.69, 9.17) is 4.74 Å². The number of anilines is 1. The van der Waals surface area contributed by atoms with Gasteiger partial charge in [0.2, 0.25) is 0 Å². The second-order valence-electron chi connectivity index (χ2n) is 5.18. The zero-order valence-electron chi connectivity index (χ0n) is 12.3. The topological polar surface area (TPSA) is 41.5 Å². The number of ether oxygens (including phenoxy) is 1. The minimum Gasteiger partial charge on any atom is -0.495 e. The third kappa shape index (κ3) is 3.31. The fraction of sp³-hybridized carbons (Fsp3) is 0.375. The molecule has 0 atom stereocenters. The molecule has 1 aromatic carbocycles. The molecule has 5 heteroatoms. The van der Waals surface area contributed by atoms with E-state index in [2.05, 4.69) is 31.9 Å². The van der Waals surface area contributed by atoms with Crippen LogP contribution in [0.4, 0.5) is 5.69 Å². The van der Waals surface area contributed by atoms with E-state index in [1.807, 2.05) is 24.5 Å². The molecule has 0 unspecified atom stereocenters. The molecule has 1 aromatic heterocycles. The summed E-state index contributed by atoms with van der Waals surface area (Å²) in [6.07, 6.45) is 5.35. The number of piperazine rings is 1. The first kappa shape index (κ1) is 13.8. The van der Waals surface area contributed by atoms with Gasteiger partial charge in [-0.2, -0.15) is 0 Å². The van der Waals surface area contributed by atoms with Gasteiger partial charge < -0.3 is 9.64 Å². The Labute approximate surface area is 125 Å². The average Bonchev–Trinajstić information content (AvgIpc) is 2.56. The summed E-state index contributed by atoms with van der Waals surface area (Å²) < 4.78 is 5.45. The maximum atomic E-state index is 5.45. The van der Waals surface area contributed by atoms with E-state index >= 15 is 0 Å². The predicted molar refractivity (Wildman–Crippen MR) is 82.5 cm³/mol. The molecule has 21 heavy (non-hydrogen) atoms. The number of para-hydroxylation sites is 2. The van der Waals surface area contributed by atoms with Gasteiger partial charge in [-0.3, -0.25) is 4.90 Å². The Bertz CT molecular complexity index is 567. The number of hydrogen-bond donors (Lipinski definition) is 0. The monoisotopic (exact) mass is 284 g/mol. The highest BCUT2D eigenvalue weighted by Gasteiger charge is 2.19. The quantitative estimate of drug-likeness (QED) is 0.856. The molecule has 5 nitrogen and oxygen atoms in total. The molecule has 2 aromatic rings. The summed E-state index contributed by atoms with van der Waals surface area (Å²) in [4.78, 5) is 13.0. The van der Waals surface area contributed by atoms with E-state index < -0.39 is 0 Å². The molecular weight excluding hydrogens is 264 g/mol. The van der Waals surface area contributed by atoms with Crippen molar-refractivity contribution in [3.8, 4) is 5.75 Å². The summed E-state index contributed by atoms with van der Waals surface area (Å²) in [6, 6.07) is 8.21. The standard InChI is InChI=1S/C16H20N4O/c1-21-16-5-3-2-4-15(16)20-8-6-19(7-9-20)12-14-10-17-13-18-11-14/h2-5,10-11,13H,6-9,12H2,1H3. The van der Waals surface area contributed by atoms with Crippen molar-refractivity contribution in [1.29, 1.82) is 0 Å². The van der Waals surface area contributed by atoms with Crippen LogP contribution in [0.2, 0.25) is 0 Å². The van der Waals surface area contributed by atoms with Crippen molar-refractivity contribution in [2.24, 2.45) is 0 Å². The van der Waals surface area contributed by atoms with Gasteiger partial charge in [0.1, 0.15) is 12.1 Å². The molecular formula is C16H20N4O. The molecule has 1 aliphatic rings. The van der Waals surface area contributed by atoms with Crippen molar-refractivity contribution in [3.63, 3.8) is 0 Å². The van der Waals surface area contributed by atoms with E-state index in [0.717, 1.165) is 38.5 Å². The lowest BCUT2D eigenvalue weighted by Crippen LogP contribution is -2.46. The molecule has 1 saturated heterocycles. The SMILES string of the molecule is COc1ccccc1N1CCN(Cc2cncnc2)CC1. The molecule has 0 N–H and O–H groups in total. The molecule has 1 aliphatic heterocycles. The van der Waals surface area contributed by atoms with Gasteiger partial charge in [0.05, 0.1) is 12.8 Å². The molecule has 2 heterocycles. The number of methoxy groups -OCH3 is 1. The van der Waals surface area contributed by atoms with Gasteiger partial charge in [0, 0.05) is 50.7 Å². The number of aromatic nitrogens is 2. The molecule has 0 radical (unpaired) electrons. The van der Waals surface area contributed by atoms with E-state index in [-0.39, 0.29) is 0 Å². The van der Waals surface area contributed by atoms with Gasteiger partial charge in [-0.1, -0.05) is 12.1 Å². The largest absolute Gasteiger partial charge is 0.495 e. The van der Waals surface area contributed by atoms with Crippen LogP contribution in [0.25, 0.3) is 0 Å². The number of hydrogen-bond acceptors (Lipinski definition) is 5. The van der Waals surface area contributed by atoms with Crippen LogP contribution in [-0.2, 0) is 6.54 Å². The van der Waals surface area contributed by atoms with Gasteiger partial charge in [0.25, 0.3) is 0 Å². The molecule has 0 aliphatic carbocycles. The highest BCUT2D eigenvalue weighted by atomic mass is 16.5. The lowest BCUT2D eigenvalue weighted by atomic mass is 10.2. The molecule has 0 saturated carbocycles. The normalized spacial score (nSPS) is 16.0. The van der Waals surface area contributed by atoms with Crippen molar-refractivity contribution < 1.29 is 4.74 Å². The molecule has 3 rings (SSSR count). The van der Waals surface area contributed by atoms with Crippen LogP contribution in [0.1, 0.15) is 5.56 Å². The number of nitrogens with zero attached hydrogens (tertiary/aromatic N) is 4. The summed E-state index contributed by atoms with van der Waals surface area (Å²) in [5, 5.41) is 0. The molecule has 0 spiro atoms. The fourth-order valence-electron chi connectivity index (χ4n) is 2.71. The van der Waals surface area contributed by atoms with Gasteiger partial charge in [-0.05, 0) is 12.1 Å². The Morgan fingerprint density at radius 1 is 1.05 bits per heavy atom. The van der Waals surface area contributed by atoms with Gasteiger partial charge in [-0.15, -0.1) is 0 Å². The minimum atomic E-state index is 0.917. The van der Waals surface area contributed by atoms with Gasteiger partial charge in [0.15, 0.2) is 0 Å². The maximum Gasteiger partial charge on any atom is 0.142 e. The summed E-state index contributed by atoms with van der Waals surface area (Å²) >= 11 is 0. The summed E-state index contributed by atoms with van der Waals surface area (Å²) in [5.74, 6) is 0.947. The van der Waals surface area contributed by atoms with Crippen molar-refractivity contribution in [2.75, 3.05) is 38.2 Å². The molecule has 0 bridgehead atoms. The minimum absolute atomic E-state index is 0.917. The second-order valence-corrected chi connectivity index (χ2v) is 5.18. The zero-order chi connectivity index (χ0) is 14.5. The van der Waals surface area contributed by atoms with Crippen LogP contribution >= 0.6 is 0 Å². The Morgan fingerprint density at radius 3 is 2.48 bits per heavy atom. The first-order chi connectivity index (χ1) is 10.4. The smallest absolute Gasteiger partial charge is 0.142 e. The van der Waals surface area contributed by atoms with Crippen LogP contribution in [-0.4, -0.2) is 48.2 Å². The highest BCUT2D eigenvalue weighted by molar-refractivity contribution is 5.58. The molecule has 0 amide bonds. The van der Waals surface area contributed by atoms with Crippen LogP contribution in [0.3, 0.4) is 0 Å². The Morgan fingerprint density at radius 2 is 1.76 bits per heavy atom. The summed E-state index contributed by atoms with van der Waals surface area (Å²) in [7, 11) is 1.73. The maximum absolute atomic E-state index is 5.45. The summed E-state index contributed by atoms with van der Waals surface area (Å²) in [5.41, 5.74) is 2.35. The second kappa shape index (κ2) is 6.54. The Balaban J connectivity index is 1.60. The summed E-state index contributed by atoms with van der Waals surface area (Å²) in [6.45, 7) is 5.00. The van der Waals surface area contributed by atoms with Crippen LogP contribution in [0.15, 0.2) is 43.0 Å². The van der Waals surface area contributed by atoms with E-state index in [1.165, 1.54) is 11.3 Å². The highest BCUT2D eigenvalue weighted by Crippen LogP contribution is 2.28. The van der Waals surface area contributed by atoms with Crippen LogP contribution in [0, 0.1) is 0 Å². The average molecular weight is 284 g/mol. The molecule has 1 fully saturated rings. The van der Waals surface area contributed by atoms with Crippen molar-refractivity contribution in [2.45, 2.75) is 6.54 Å². The first-order valence-electron chi connectivity index (χ1n) is 7.21. The Kier molecular flexibility index (Phi) is 4.31. The first-order valence-corrected chi connectivity index (χ1v) is 7.21. The third-order valence-electron chi connectivity index (χ3n) is 3.82. The zero-order valence-corrected chi connectivity index (χ0v) is 12.3. The number of rotatable bonds is 4. The van der Waals surface area contributed by atoms with Crippen molar-refractivity contribution >= 4 is 5.69 Å². The third-order valence-corrected chi connectivity index (χ3v) is 3.82. The van der Waals surface area contributed by atoms with Crippen molar-refractivity contribution in [3.05, 3.63) is 48.5 Å². The van der Waals surface area contributed by atoms with Crippen LogP contribution < -0.4 is 9.64 Å². The van der Waals surface area contributed by atoms with Crippen molar-refractivity contribution in [1.82, 2.24) is 14.9 Å². The van der Waals surface area contributed by atoms with Gasteiger partial charge >= 0.3 is 0 Å².